The van der Waals surface area contributed by atoms with Gasteiger partial charge in [-0.1, -0.05) is 29.3 Å². The molecular formula is C24H20Cl2FN5O3. The second-order valence-electron chi connectivity index (χ2n) is 8.06. The smallest absolute Gasteiger partial charge is 0.412 e. The Balaban J connectivity index is 1.35. The summed E-state index contributed by atoms with van der Waals surface area (Å²) in [7, 11) is 1.65. The summed E-state index contributed by atoms with van der Waals surface area (Å²) < 4.78 is 21.4. The van der Waals surface area contributed by atoms with Gasteiger partial charge in [-0.15, -0.1) is 0 Å². The first-order valence-corrected chi connectivity index (χ1v) is 11.4. The Morgan fingerprint density at radius 1 is 1.31 bits per heavy atom. The molecule has 0 saturated heterocycles. The number of ether oxygens (including phenoxy) is 1. The minimum atomic E-state index is -0.803. The van der Waals surface area contributed by atoms with E-state index >= 15 is 0 Å². The fraction of sp³-hybridized carbons (Fsp3) is 0.250. The van der Waals surface area contributed by atoms with Crippen LogP contribution in [0.3, 0.4) is 0 Å². The van der Waals surface area contributed by atoms with Crippen LogP contribution >= 0.6 is 23.2 Å². The molecule has 35 heavy (non-hydrogen) atoms. The quantitative estimate of drug-likeness (QED) is 0.453. The van der Waals surface area contributed by atoms with Gasteiger partial charge in [0.05, 0.1) is 45.2 Å². The van der Waals surface area contributed by atoms with Gasteiger partial charge in [0.25, 0.3) is 5.91 Å². The molecule has 0 bridgehead atoms. The van der Waals surface area contributed by atoms with Gasteiger partial charge in [-0.2, -0.15) is 10.4 Å². The molecule has 1 N–H and O–H groups in total. The average molecular weight is 516 g/mol. The molecule has 1 atom stereocenters. The van der Waals surface area contributed by atoms with E-state index in [4.69, 9.17) is 33.2 Å². The standard InChI is InChI=1S/C24H20Cl2FN5O3/c1-31(8-2-3-20-21-19(30-24(34)35-20)7-6-17(25)22(21)27)23(33)16-11-29-32(13-16)12-14-4-5-15(10-28)18(26)9-14/h4-7,9,11,13,20H,2-3,8,12H2,1H3,(H,30,34). The lowest BCUT2D eigenvalue weighted by molar-refractivity contribution is 0.0759. The summed E-state index contributed by atoms with van der Waals surface area (Å²) >= 11 is 12.0. The van der Waals surface area contributed by atoms with Gasteiger partial charge in [0.15, 0.2) is 5.82 Å². The topological polar surface area (TPSA) is 100 Å². The van der Waals surface area contributed by atoms with Crippen molar-refractivity contribution in [3.8, 4) is 6.07 Å². The van der Waals surface area contributed by atoms with E-state index in [1.807, 2.05) is 6.07 Å². The van der Waals surface area contributed by atoms with E-state index < -0.39 is 18.0 Å². The maximum Gasteiger partial charge on any atom is 0.412 e. The number of anilines is 1. The van der Waals surface area contributed by atoms with Crippen molar-refractivity contribution in [1.29, 1.82) is 5.26 Å². The van der Waals surface area contributed by atoms with Crippen molar-refractivity contribution in [3.63, 3.8) is 0 Å². The van der Waals surface area contributed by atoms with Gasteiger partial charge in [0, 0.05) is 19.8 Å². The molecule has 0 radical (unpaired) electrons. The molecule has 11 heteroatoms. The number of rotatable bonds is 7. The number of nitrogens with zero attached hydrogens (tertiary/aromatic N) is 4. The lowest BCUT2D eigenvalue weighted by Crippen LogP contribution is -2.29. The van der Waals surface area contributed by atoms with Gasteiger partial charge in [0.1, 0.15) is 12.2 Å². The van der Waals surface area contributed by atoms with Crippen LogP contribution in [0.15, 0.2) is 42.7 Å². The van der Waals surface area contributed by atoms with Crippen molar-refractivity contribution < 1.29 is 18.7 Å². The van der Waals surface area contributed by atoms with Crippen LogP contribution in [0.2, 0.25) is 10.0 Å². The third-order valence-electron chi connectivity index (χ3n) is 5.63. The maximum atomic E-state index is 14.6. The van der Waals surface area contributed by atoms with Crippen LogP contribution in [0, 0.1) is 17.1 Å². The highest BCUT2D eigenvalue weighted by Gasteiger charge is 2.30. The van der Waals surface area contributed by atoms with Crippen LogP contribution < -0.4 is 5.32 Å². The molecule has 180 valence electrons. The van der Waals surface area contributed by atoms with Crippen LogP contribution in [0.5, 0.6) is 0 Å². The summed E-state index contributed by atoms with van der Waals surface area (Å²) in [5.41, 5.74) is 2.17. The Morgan fingerprint density at radius 2 is 2.11 bits per heavy atom. The van der Waals surface area contributed by atoms with Gasteiger partial charge in [0.2, 0.25) is 0 Å². The summed E-state index contributed by atoms with van der Waals surface area (Å²) in [6.07, 6.45) is 2.42. The molecule has 1 aliphatic rings. The molecule has 1 aliphatic heterocycles. The van der Waals surface area contributed by atoms with E-state index in [2.05, 4.69) is 10.4 Å². The Kier molecular flexibility index (Phi) is 7.24. The number of hydrogen-bond acceptors (Lipinski definition) is 5. The number of cyclic esters (lactones) is 1. The number of halogens is 3. The number of benzene rings is 2. The Bertz CT molecular complexity index is 1340. The molecule has 3 aromatic rings. The zero-order valence-corrected chi connectivity index (χ0v) is 20.1. The lowest BCUT2D eigenvalue weighted by Gasteiger charge is -2.27. The molecule has 0 spiro atoms. The van der Waals surface area contributed by atoms with Crippen molar-refractivity contribution in [2.45, 2.75) is 25.5 Å². The van der Waals surface area contributed by atoms with E-state index in [1.165, 1.54) is 23.2 Å². The fourth-order valence-corrected chi connectivity index (χ4v) is 4.26. The van der Waals surface area contributed by atoms with Gasteiger partial charge in [-0.3, -0.25) is 14.8 Å². The van der Waals surface area contributed by atoms with Crippen LogP contribution in [-0.4, -0.2) is 40.3 Å². The molecule has 2 aromatic carbocycles. The van der Waals surface area contributed by atoms with Crippen LogP contribution in [0.4, 0.5) is 14.9 Å². The Hall–Kier alpha value is -3.61. The number of carbonyl (C=O) groups excluding carboxylic acids is 2. The minimum absolute atomic E-state index is 0.0546. The molecule has 1 unspecified atom stereocenters. The average Bonchev–Trinajstić information content (AvgIpc) is 3.29. The molecule has 0 saturated carbocycles. The SMILES string of the molecule is CN(CCCC1OC(=O)Nc2ccc(Cl)c(F)c21)C(=O)c1cnn(Cc2ccc(C#N)c(Cl)c2)c1. The first-order valence-electron chi connectivity index (χ1n) is 10.7. The number of carbonyl (C=O) groups is 2. The second-order valence-corrected chi connectivity index (χ2v) is 8.88. The van der Waals surface area contributed by atoms with Gasteiger partial charge in [-0.25, -0.2) is 9.18 Å². The zero-order valence-electron chi connectivity index (χ0n) is 18.6. The van der Waals surface area contributed by atoms with E-state index in [0.29, 0.717) is 47.8 Å². The number of nitrogens with one attached hydrogen (secondary N) is 1. The highest BCUT2D eigenvalue weighted by molar-refractivity contribution is 6.31. The van der Waals surface area contributed by atoms with Crippen LogP contribution in [0.1, 0.15) is 46.0 Å². The lowest BCUT2D eigenvalue weighted by atomic mass is 10.0. The Morgan fingerprint density at radius 3 is 2.86 bits per heavy atom. The minimum Gasteiger partial charge on any atom is -0.441 e. The second kappa shape index (κ2) is 10.3. The summed E-state index contributed by atoms with van der Waals surface area (Å²) in [5.74, 6) is -0.861. The van der Waals surface area contributed by atoms with E-state index in [-0.39, 0.29) is 16.5 Å². The molecule has 0 aliphatic carbocycles. The Labute approximate surface area is 210 Å². The third-order valence-corrected chi connectivity index (χ3v) is 6.23. The van der Waals surface area contributed by atoms with Crippen molar-refractivity contribution in [2.75, 3.05) is 18.9 Å². The predicted octanol–water partition coefficient (Wildman–Crippen LogP) is 5.40. The highest BCUT2D eigenvalue weighted by atomic mass is 35.5. The van der Waals surface area contributed by atoms with Crippen LogP contribution in [-0.2, 0) is 11.3 Å². The van der Waals surface area contributed by atoms with Gasteiger partial charge >= 0.3 is 6.09 Å². The maximum absolute atomic E-state index is 14.6. The molecular weight excluding hydrogens is 496 g/mol. The number of fused-ring (bicyclic) bond motifs is 1. The van der Waals surface area contributed by atoms with Crippen molar-refractivity contribution in [3.05, 3.63) is 80.8 Å². The van der Waals surface area contributed by atoms with Crippen molar-refractivity contribution in [1.82, 2.24) is 14.7 Å². The highest BCUT2D eigenvalue weighted by Crippen LogP contribution is 2.38. The van der Waals surface area contributed by atoms with Gasteiger partial charge in [-0.05, 0) is 42.7 Å². The summed E-state index contributed by atoms with van der Waals surface area (Å²) in [6, 6.07) is 10.0. The normalized spacial score (nSPS) is 14.5. The van der Waals surface area contributed by atoms with Gasteiger partial charge < -0.3 is 9.64 Å². The zero-order chi connectivity index (χ0) is 25.1. The number of amides is 2. The third kappa shape index (κ3) is 5.39. The number of hydrogen-bond donors (Lipinski definition) is 1. The molecule has 4 rings (SSSR count). The monoisotopic (exact) mass is 515 g/mol. The first-order chi connectivity index (χ1) is 16.8. The predicted molar refractivity (Wildman–Crippen MR) is 128 cm³/mol. The van der Waals surface area contributed by atoms with E-state index in [1.54, 1.807) is 36.1 Å². The van der Waals surface area contributed by atoms with E-state index in [9.17, 15) is 14.0 Å². The summed E-state index contributed by atoms with van der Waals surface area (Å²) in [4.78, 5) is 26.2. The largest absolute Gasteiger partial charge is 0.441 e. The molecule has 1 aromatic heterocycles. The number of aromatic nitrogens is 2. The molecule has 0 fully saturated rings. The van der Waals surface area contributed by atoms with Crippen molar-refractivity contribution in [2.24, 2.45) is 0 Å². The number of nitriles is 1. The summed E-state index contributed by atoms with van der Waals surface area (Å²) in [5, 5.41) is 16.0. The molecule has 2 heterocycles. The van der Waals surface area contributed by atoms with Crippen LogP contribution in [0.25, 0.3) is 0 Å². The first kappa shape index (κ1) is 24.5. The molecule has 8 nitrogen and oxygen atoms in total. The molecule has 2 amide bonds. The fourth-order valence-electron chi connectivity index (χ4n) is 3.85. The van der Waals surface area contributed by atoms with Crippen molar-refractivity contribution >= 4 is 40.9 Å². The van der Waals surface area contributed by atoms with E-state index in [0.717, 1.165) is 5.56 Å². The summed E-state index contributed by atoms with van der Waals surface area (Å²) in [6.45, 7) is 0.741.